The van der Waals surface area contributed by atoms with E-state index in [-0.39, 0.29) is 11.3 Å². The lowest BCUT2D eigenvalue weighted by atomic mass is 10.1. The number of hydrogen-bond donors (Lipinski definition) is 1. The van der Waals surface area contributed by atoms with Crippen molar-refractivity contribution >= 4 is 0 Å². The maximum absolute atomic E-state index is 12.3. The average Bonchev–Trinajstić information content (AvgIpc) is 2.03. The summed E-state index contributed by atoms with van der Waals surface area (Å²) in [5.41, 5.74) is -0.658. The zero-order valence-electron chi connectivity index (χ0n) is 6.89. The summed E-state index contributed by atoms with van der Waals surface area (Å²) in [6.07, 6.45) is -3.27. The van der Waals surface area contributed by atoms with Gasteiger partial charge in [-0.15, -0.1) is 0 Å². The van der Waals surface area contributed by atoms with Crippen molar-refractivity contribution in [3.63, 3.8) is 0 Å². The number of hydrogen-bond acceptors (Lipinski definition) is 2. The summed E-state index contributed by atoms with van der Waals surface area (Å²) >= 11 is 0. The van der Waals surface area contributed by atoms with Crippen LogP contribution in [-0.2, 0) is 12.8 Å². The predicted molar refractivity (Wildman–Crippen MR) is 39.9 cm³/mol. The van der Waals surface area contributed by atoms with Crippen molar-refractivity contribution in [2.45, 2.75) is 19.7 Å². The summed E-state index contributed by atoms with van der Waals surface area (Å²) in [7, 11) is 0. The second-order valence-electron chi connectivity index (χ2n) is 2.65. The van der Waals surface area contributed by atoms with E-state index in [2.05, 4.69) is 4.98 Å². The van der Waals surface area contributed by atoms with Crippen molar-refractivity contribution in [1.82, 2.24) is 4.98 Å². The Hall–Kier alpha value is -1.10. The Morgan fingerprint density at radius 2 is 2.08 bits per heavy atom. The molecule has 0 saturated heterocycles. The molecule has 0 amide bonds. The van der Waals surface area contributed by atoms with Crippen LogP contribution in [0.5, 0.6) is 0 Å². The molecule has 0 fully saturated rings. The highest BCUT2D eigenvalue weighted by molar-refractivity contribution is 5.27. The molecule has 2 nitrogen and oxygen atoms in total. The number of rotatable bonds is 1. The lowest BCUT2D eigenvalue weighted by Gasteiger charge is -2.10. The van der Waals surface area contributed by atoms with Gasteiger partial charge in [-0.1, -0.05) is 0 Å². The minimum atomic E-state index is -4.38. The first-order chi connectivity index (χ1) is 5.95. The van der Waals surface area contributed by atoms with E-state index in [0.29, 0.717) is 0 Å². The van der Waals surface area contributed by atoms with Crippen molar-refractivity contribution < 1.29 is 18.3 Å². The Bertz CT molecular complexity index is 309. The predicted octanol–water partition coefficient (Wildman–Crippen LogP) is 1.90. The molecular weight excluding hydrogens is 183 g/mol. The molecule has 1 heterocycles. The zero-order chi connectivity index (χ0) is 10.1. The van der Waals surface area contributed by atoms with E-state index < -0.39 is 18.3 Å². The highest BCUT2D eigenvalue weighted by atomic mass is 19.4. The van der Waals surface area contributed by atoms with Gasteiger partial charge in [0, 0.05) is 6.20 Å². The average molecular weight is 191 g/mol. The van der Waals surface area contributed by atoms with Gasteiger partial charge in [0.15, 0.2) is 0 Å². The molecule has 72 valence electrons. The second kappa shape index (κ2) is 3.33. The Labute approximate surface area is 73.0 Å². The molecule has 0 bridgehead atoms. The molecule has 0 spiro atoms. The fourth-order valence-electron chi connectivity index (χ4n) is 0.959. The molecule has 0 radical (unpaired) electrons. The Kier molecular flexibility index (Phi) is 2.56. The first-order valence-electron chi connectivity index (χ1n) is 3.58. The third-order valence-electron chi connectivity index (χ3n) is 1.63. The minimum absolute atomic E-state index is 0.0259. The SMILES string of the molecule is Cc1cnc(CO)cc1C(F)(F)F. The van der Waals surface area contributed by atoms with Gasteiger partial charge < -0.3 is 5.11 Å². The van der Waals surface area contributed by atoms with Crippen molar-refractivity contribution in [1.29, 1.82) is 0 Å². The highest BCUT2D eigenvalue weighted by Gasteiger charge is 2.32. The van der Waals surface area contributed by atoms with E-state index in [9.17, 15) is 13.2 Å². The summed E-state index contributed by atoms with van der Waals surface area (Å²) in [5, 5.41) is 8.59. The number of nitrogens with zero attached hydrogens (tertiary/aromatic N) is 1. The molecule has 0 aliphatic heterocycles. The molecule has 13 heavy (non-hydrogen) atoms. The van der Waals surface area contributed by atoms with Crippen LogP contribution in [0.3, 0.4) is 0 Å². The summed E-state index contributed by atoms with van der Waals surface area (Å²) in [6.45, 7) is 0.848. The third-order valence-corrected chi connectivity index (χ3v) is 1.63. The van der Waals surface area contributed by atoms with E-state index in [0.717, 1.165) is 12.3 Å². The molecule has 0 aromatic carbocycles. The standard InChI is InChI=1S/C8H8F3NO/c1-5-3-12-6(4-13)2-7(5)8(9,10)11/h2-3,13H,4H2,1H3. The van der Waals surface area contributed by atoms with Crippen molar-refractivity contribution in [2.24, 2.45) is 0 Å². The maximum Gasteiger partial charge on any atom is 0.416 e. The summed E-state index contributed by atoms with van der Waals surface area (Å²) in [6, 6.07) is 0.856. The first-order valence-corrected chi connectivity index (χ1v) is 3.58. The fourth-order valence-corrected chi connectivity index (χ4v) is 0.959. The normalized spacial score (nSPS) is 11.8. The van der Waals surface area contributed by atoms with Crippen LogP contribution >= 0.6 is 0 Å². The van der Waals surface area contributed by atoms with Gasteiger partial charge in [-0.05, 0) is 18.6 Å². The summed E-state index contributed by atoms with van der Waals surface area (Å²) < 4.78 is 36.8. The summed E-state index contributed by atoms with van der Waals surface area (Å²) in [4.78, 5) is 3.62. The van der Waals surface area contributed by atoms with Crippen LogP contribution in [0.1, 0.15) is 16.8 Å². The Morgan fingerprint density at radius 1 is 1.46 bits per heavy atom. The molecule has 0 aliphatic rings. The number of aryl methyl sites for hydroxylation is 1. The smallest absolute Gasteiger partial charge is 0.390 e. The van der Waals surface area contributed by atoms with Gasteiger partial charge in [0.05, 0.1) is 17.9 Å². The van der Waals surface area contributed by atoms with Crippen LogP contribution in [0.2, 0.25) is 0 Å². The molecule has 1 rings (SSSR count). The number of aliphatic hydroxyl groups is 1. The van der Waals surface area contributed by atoms with Crippen LogP contribution in [0.4, 0.5) is 13.2 Å². The van der Waals surface area contributed by atoms with Gasteiger partial charge in [-0.3, -0.25) is 4.98 Å². The molecule has 5 heteroatoms. The van der Waals surface area contributed by atoms with Crippen molar-refractivity contribution in [2.75, 3.05) is 0 Å². The number of aromatic nitrogens is 1. The summed E-state index contributed by atoms with van der Waals surface area (Å²) in [5.74, 6) is 0. The molecule has 1 aromatic heterocycles. The molecule has 0 unspecified atom stereocenters. The van der Waals surface area contributed by atoms with Crippen molar-refractivity contribution in [3.05, 3.63) is 29.1 Å². The number of aliphatic hydroxyl groups excluding tert-OH is 1. The number of pyridine rings is 1. The largest absolute Gasteiger partial charge is 0.416 e. The second-order valence-corrected chi connectivity index (χ2v) is 2.65. The lowest BCUT2D eigenvalue weighted by molar-refractivity contribution is -0.138. The van der Waals surface area contributed by atoms with Gasteiger partial charge in [0.2, 0.25) is 0 Å². The van der Waals surface area contributed by atoms with Gasteiger partial charge in [0.25, 0.3) is 0 Å². The third kappa shape index (κ3) is 2.18. The molecule has 0 aliphatic carbocycles. The molecule has 1 aromatic rings. The monoisotopic (exact) mass is 191 g/mol. The fraction of sp³-hybridized carbons (Fsp3) is 0.375. The van der Waals surface area contributed by atoms with E-state index in [4.69, 9.17) is 5.11 Å². The van der Waals surface area contributed by atoms with Gasteiger partial charge >= 0.3 is 6.18 Å². The van der Waals surface area contributed by atoms with Crippen molar-refractivity contribution in [3.8, 4) is 0 Å². The van der Waals surface area contributed by atoms with E-state index >= 15 is 0 Å². The zero-order valence-corrected chi connectivity index (χ0v) is 6.89. The Morgan fingerprint density at radius 3 is 2.54 bits per heavy atom. The van der Waals surface area contributed by atoms with E-state index in [1.807, 2.05) is 0 Å². The quantitative estimate of drug-likeness (QED) is 0.735. The van der Waals surface area contributed by atoms with Crippen LogP contribution in [-0.4, -0.2) is 10.1 Å². The van der Waals surface area contributed by atoms with Crippen LogP contribution in [0.25, 0.3) is 0 Å². The van der Waals surface area contributed by atoms with E-state index in [1.165, 1.54) is 6.92 Å². The number of alkyl halides is 3. The Balaban J connectivity index is 3.19. The number of halogens is 3. The van der Waals surface area contributed by atoms with Gasteiger partial charge in [-0.25, -0.2) is 0 Å². The van der Waals surface area contributed by atoms with Crippen LogP contribution < -0.4 is 0 Å². The van der Waals surface area contributed by atoms with Crippen LogP contribution in [0.15, 0.2) is 12.3 Å². The van der Waals surface area contributed by atoms with Gasteiger partial charge in [0.1, 0.15) is 0 Å². The molecule has 0 atom stereocenters. The molecule has 0 saturated carbocycles. The molecule has 1 N–H and O–H groups in total. The first kappa shape index (κ1) is 9.98. The van der Waals surface area contributed by atoms with Gasteiger partial charge in [-0.2, -0.15) is 13.2 Å². The maximum atomic E-state index is 12.3. The van der Waals surface area contributed by atoms with Crippen LogP contribution in [0, 0.1) is 6.92 Å². The highest BCUT2D eigenvalue weighted by Crippen LogP contribution is 2.31. The van der Waals surface area contributed by atoms with E-state index in [1.54, 1.807) is 0 Å². The lowest BCUT2D eigenvalue weighted by Crippen LogP contribution is -2.09. The minimum Gasteiger partial charge on any atom is -0.390 e. The topological polar surface area (TPSA) is 33.1 Å². The molecular formula is C8H8F3NO.